The van der Waals surface area contributed by atoms with Crippen LogP contribution in [-0.2, 0) is 11.0 Å². The summed E-state index contributed by atoms with van der Waals surface area (Å²) in [4.78, 5) is 18.2. The second-order valence-electron chi connectivity index (χ2n) is 3.86. The van der Waals surface area contributed by atoms with E-state index in [9.17, 15) is 18.0 Å². The second-order valence-corrected chi connectivity index (χ2v) is 3.86. The van der Waals surface area contributed by atoms with E-state index < -0.39 is 11.9 Å². The Morgan fingerprint density at radius 3 is 2.59 bits per heavy atom. The summed E-state index contributed by atoms with van der Waals surface area (Å²) in [5.41, 5.74) is -0.575. The van der Waals surface area contributed by atoms with E-state index >= 15 is 0 Å². The molecule has 0 bridgehead atoms. The van der Waals surface area contributed by atoms with Crippen LogP contribution in [0.15, 0.2) is 12.4 Å². The van der Waals surface area contributed by atoms with Crippen LogP contribution in [0.25, 0.3) is 0 Å². The Labute approximate surface area is 95.3 Å². The minimum absolute atomic E-state index is 0.108. The fraction of sp³-hybridized carbons (Fsp3) is 0.500. The van der Waals surface area contributed by atoms with E-state index in [1.807, 2.05) is 0 Å². The van der Waals surface area contributed by atoms with Crippen LogP contribution < -0.4 is 5.32 Å². The summed E-state index contributed by atoms with van der Waals surface area (Å²) < 4.78 is 36.8. The zero-order valence-electron chi connectivity index (χ0n) is 8.79. The lowest BCUT2D eigenvalue weighted by molar-refractivity contribution is -0.141. The van der Waals surface area contributed by atoms with Crippen molar-refractivity contribution in [2.24, 2.45) is 0 Å². The van der Waals surface area contributed by atoms with E-state index in [-0.39, 0.29) is 18.2 Å². The molecule has 1 unspecified atom stereocenters. The zero-order chi connectivity index (χ0) is 12.5. The zero-order valence-corrected chi connectivity index (χ0v) is 8.79. The highest BCUT2D eigenvalue weighted by Crippen LogP contribution is 2.28. The molecule has 1 aliphatic rings. The van der Waals surface area contributed by atoms with Crippen molar-refractivity contribution in [3.63, 3.8) is 0 Å². The summed E-state index contributed by atoms with van der Waals surface area (Å²) in [6.45, 7) is 0.520. The Kier molecular flexibility index (Phi) is 2.99. The number of amides is 1. The Bertz CT molecular complexity index is 416. The maximum atomic E-state index is 12.3. The average molecular weight is 245 g/mol. The molecule has 17 heavy (non-hydrogen) atoms. The summed E-state index contributed by atoms with van der Waals surface area (Å²) in [5.74, 6) is -0.249. The first-order chi connectivity index (χ1) is 7.97. The number of carbonyl (C=O) groups excluding carboxylic acids is 1. The lowest BCUT2D eigenvalue weighted by atomic mass is 9.94. The molecule has 0 spiro atoms. The predicted molar refractivity (Wildman–Crippen MR) is 52.0 cm³/mol. The number of piperidine rings is 1. The van der Waals surface area contributed by atoms with Gasteiger partial charge in [-0.25, -0.2) is 4.98 Å². The SMILES string of the molecule is O=C1CC(c2cnc(C(F)(F)F)cn2)CCN1. The van der Waals surface area contributed by atoms with Crippen LogP contribution in [0.5, 0.6) is 0 Å². The predicted octanol–water partition coefficient (Wildman–Crippen LogP) is 1.49. The number of hydrogen-bond donors (Lipinski definition) is 1. The van der Waals surface area contributed by atoms with E-state index in [2.05, 4.69) is 15.3 Å². The highest BCUT2D eigenvalue weighted by Gasteiger charge is 2.33. The van der Waals surface area contributed by atoms with Gasteiger partial charge in [-0.2, -0.15) is 13.2 Å². The van der Waals surface area contributed by atoms with Crippen molar-refractivity contribution in [3.05, 3.63) is 23.8 Å². The van der Waals surface area contributed by atoms with Gasteiger partial charge < -0.3 is 5.32 Å². The van der Waals surface area contributed by atoms with Crippen molar-refractivity contribution in [1.82, 2.24) is 15.3 Å². The lowest BCUT2D eigenvalue weighted by Gasteiger charge is -2.21. The quantitative estimate of drug-likeness (QED) is 0.815. The number of alkyl halides is 3. The van der Waals surface area contributed by atoms with E-state index in [1.165, 1.54) is 0 Å². The average Bonchev–Trinajstić information content (AvgIpc) is 2.28. The van der Waals surface area contributed by atoms with Gasteiger partial charge in [0.2, 0.25) is 5.91 Å². The maximum absolute atomic E-state index is 12.3. The van der Waals surface area contributed by atoms with Gasteiger partial charge in [0.05, 0.1) is 11.9 Å². The van der Waals surface area contributed by atoms with Crippen LogP contribution in [0.3, 0.4) is 0 Å². The molecular weight excluding hydrogens is 235 g/mol. The first-order valence-corrected chi connectivity index (χ1v) is 5.12. The third kappa shape index (κ3) is 2.72. The van der Waals surface area contributed by atoms with Crippen molar-refractivity contribution in [2.45, 2.75) is 24.9 Å². The van der Waals surface area contributed by atoms with Gasteiger partial charge in [0.15, 0.2) is 5.69 Å². The van der Waals surface area contributed by atoms with E-state index in [4.69, 9.17) is 0 Å². The molecule has 1 aromatic rings. The van der Waals surface area contributed by atoms with E-state index in [0.717, 1.165) is 6.20 Å². The number of rotatable bonds is 1. The molecular formula is C10H10F3N3O. The molecule has 2 heterocycles. The van der Waals surface area contributed by atoms with Crippen molar-refractivity contribution in [1.29, 1.82) is 0 Å². The number of aromatic nitrogens is 2. The van der Waals surface area contributed by atoms with Crippen LogP contribution in [-0.4, -0.2) is 22.4 Å². The van der Waals surface area contributed by atoms with Crippen molar-refractivity contribution in [3.8, 4) is 0 Å². The van der Waals surface area contributed by atoms with E-state index in [0.29, 0.717) is 24.9 Å². The molecule has 0 radical (unpaired) electrons. The molecule has 92 valence electrons. The Morgan fingerprint density at radius 1 is 1.29 bits per heavy atom. The number of nitrogens with zero attached hydrogens (tertiary/aromatic N) is 2. The monoisotopic (exact) mass is 245 g/mol. The Balaban J connectivity index is 2.15. The van der Waals surface area contributed by atoms with Gasteiger partial charge in [-0.1, -0.05) is 0 Å². The molecule has 4 nitrogen and oxygen atoms in total. The molecule has 0 aliphatic carbocycles. The number of hydrogen-bond acceptors (Lipinski definition) is 3. The number of halogens is 3. The first kappa shape index (κ1) is 11.8. The number of nitrogens with one attached hydrogen (secondary N) is 1. The minimum Gasteiger partial charge on any atom is -0.356 e. The molecule has 1 aliphatic heterocycles. The number of carbonyl (C=O) groups is 1. The second kappa shape index (κ2) is 4.31. The van der Waals surface area contributed by atoms with Crippen LogP contribution in [0, 0.1) is 0 Å². The Morgan fingerprint density at radius 2 is 2.06 bits per heavy atom. The van der Waals surface area contributed by atoms with Crippen molar-refractivity contribution in [2.75, 3.05) is 6.54 Å². The lowest BCUT2D eigenvalue weighted by Crippen LogP contribution is -2.32. The molecule has 1 N–H and O–H groups in total. The van der Waals surface area contributed by atoms with Crippen LogP contribution in [0.4, 0.5) is 13.2 Å². The summed E-state index contributed by atoms with van der Waals surface area (Å²) in [6, 6.07) is 0. The summed E-state index contributed by atoms with van der Waals surface area (Å²) in [7, 11) is 0. The molecule has 2 rings (SSSR count). The van der Waals surface area contributed by atoms with Crippen LogP contribution in [0.1, 0.15) is 30.1 Å². The maximum Gasteiger partial charge on any atom is 0.434 e. The molecule has 1 fully saturated rings. The molecule has 1 atom stereocenters. The summed E-state index contributed by atoms with van der Waals surface area (Å²) >= 11 is 0. The molecule has 0 saturated carbocycles. The van der Waals surface area contributed by atoms with Crippen LogP contribution >= 0.6 is 0 Å². The summed E-state index contributed by atoms with van der Waals surface area (Å²) in [6.07, 6.45) is -1.74. The van der Waals surface area contributed by atoms with Gasteiger partial charge >= 0.3 is 6.18 Å². The van der Waals surface area contributed by atoms with Gasteiger partial charge in [-0.05, 0) is 6.42 Å². The van der Waals surface area contributed by atoms with Gasteiger partial charge in [0, 0.05) is 25.1 Å². The molecule has 1 amide bonds. The Hall–Kier alpha value is -1.66. The normalized spacial score (nSPS) is 21.1. The van der Waals surface area contributed by atoms with Crippen LogP contribution in [0.2, 0.25) is 0 Å². The third-order valence-electron chi connectivity index (χ3n) is 2.63. The highest BCUT2D eigenvalue weighted by atomic mass is 19.4. The molecule has 1 saturated heterocycles. The molecule has 0 aromatic carbocycles. The first-order valence-electron chi connectivity index (χ1n) is 5.12. The molecule has 1 aromatic heterocycles. The fourth-order valence-corrected chi connectivity index (χ4v) is 1.73. The standard InChI is InChI=1S/C10H10F3N3O/c11-10(12,13)8-5-15-7(4-16-8)6-1-2-14-9(17)3-6/h4-6H,1-3H2,(H,14,17). The topological polar surface area (TPSA) is 54.9 Å². The van der Waals surface area contributed by atoms with E-state index in [1.54, 1.807) is 0 Å². The van der Waals surface area contributed by atoms with Crippen molar-refractivity contribution >= 4 is 5.91 Å². The largest absolute Gasteiger partial charge is 0.434 e. The highest BCUT2D eigenvalue weighted by molar-refractivity contribution is 5.77. The third-order valence-corrected chi connectivity index (χ3v) is 2.63. The minimum atomic E-state index is -4.48. The van der Waals surface area contributed by atoms with Gasteiger partial charge in [-0.3, -0.25) is 9.78 Å². The van der Waals surface area contributed by atoms with Gasteiger partial charge in [-0.15, -0.1) is 0 Å². The van der Waals surface area contributed by atoms with Gasteiger partial charge in [0.1, 0.15) is 0 Å². The van der Waals surface area contributed by atoms with Crippen molar-refractivity contribution < 1.29 is 18.0 Å². The smallest absolute Gasteiger partial charge is 0.356 e. The summed E-state index contributed by atoms with van der Waals surface area (Å²) in [5, 5.41) is 2.65. The molecule has 7 heteroatoms. The van der Waals surface area contributed by atoms with Gasteiger partial charge in [0.25, 0.3) is 0 Å². The fourth-order valence-electron chi connectivity index (χ4n) is 1.73.